The number of nitrogens with one attached hydrogen (secondary N) is 1. The van der Waals surface area contributed by atoms with Gasteiger partial charge in [0.2, 0.25) is 0 Å². The maximum atomic E-state index is 11.9. The van der Waals surface area contributed by atoms with Crippen LogP contribution in [0.25, 0.3) is 11.0 Å². The van der Waals surface area contributed by atoms with E-state index in [1.807, 2.05) is 6.92 Å². The van der Waals surface area contributed by atoms with Gasteiger partial charge in [0.25, 0.3) is 11.8 Å². The highest BCUT2D eigenvalue weighted by molar-refractivity contribution is 6.25. The summed E-state index contributed by atoms with van der Waals surface area (Å²) in [5.74, 6) is -0.585. The maximum Gasteiger partial charge on any atom is 0.259 e. The highest BCUT2D eigenvalue weighted by atomic mass is 16.5. The fourth-order valence-corrected chi connectivity index (χ4v) is 3.09. The van der Waals surface area contributed by atoms with E-state index in [0.29, 0.717) is 16.7 Å². The van der Waals surface area contributed by atoms with E-state index in [2.05, 4.69) is 10.5 Å². The molecule has 0 saturated carbocycles. The molecule has 2 bridgehead atoms. The van der Waals surface area contributed by atoms with E-state index in [1.54, 1.807) is 0 Å². The van der Waals surface area contributed by atoms with Gasteiger partial charge in [0.15, 0.2) is 5.58 Å². The molecule has 0 unspecified atom stereocenters. The van der Waals surface area contributed by atoms with E-state index in [9.17, 15) is 9.59 Å². The van der Waals surface area contributed by atoms with Crippen molar-refractivity contribution < 1.29 is 14.1 Å². The number of nitrogens with zero attached hydrogens (tertiary/aromatic N) is 1. The van der Waals surface area contributed by atoms with Gasteiger partial charge in [-0.2, -0.15) is 0 Å². The van der Waals surface area contributed by atoms with Crippen molar-refractivity contribution in [2.24, 2.45) is 0 Å². The summed E-state index contributed by atoms with van der Waals surface area (Å²) in [6.07, 6.45) is 2.30. The first-order valence-corrected chi connectivity index (χ1v) is 6.04. The highest BCUT2D eigenvalue weighted by Crippen LogP contribution is 2.40. The molecule has 0 spiro atoms. The first-order valence-electron chi connectivity index (χ1n) is 6.04. The molecule has 90 valence electrons. The van der Waals surface area contributed by atoms with Gasteiger partial charge in [-0.15, -0.1) is 0 Å². The summed E-state index contributed by atoms with van der Waals surface area (Å²) in [4.78, 5) is 23.7. The lowest BCUT2D eigenvalue weighted by Crippen LogP contribution is -2.20. The van der Waals surface area contributed by atoms with Crippen molar-refractivity contribution in [3.63, 3.8) is 0 Å². The van der Waals surface area contributed by atoms with Crippen LogP contribution in [-0.4, -0.2) is 17.0 Å². The molecular formula is C13H10N2O3. The molecule has 2 aromatic rings. The van der Waals surface area contributed by atoms with Crippen molar-refractivity contribution in [2.45, 2.75) is 26.2 Å². The molecule has 1 N–H and O–H groups in total. The van der Waals surface area contributed by atoms with Gasteiger partial charge in [-0.3, -0.25) is 14.9 Å². The van der Waals surface area contributed by atoms with Crippen LogP contribution in [0.3, 0.4) is 0 Å². The van der Waals surface area contributed by atoms with Crippen LogP contribution in [0.15, 0.2) is 4.52 Å². The molecule has 1 aromatic carbocycles. The summed E-state index contributed by atoms with van der Waals surface area (Å²) in [5.41, 5.74) is 4.38. The smallest absolute Gasteiger partial charge is 0.259 e. The first kappa shape index (κ1) is 9.82. The summed E-state index contributed by atoms with van der Waals surface area (Å²) in [6.45, 7) is 2.00. The summed E-state index contributed by atoms with van der Waals surface area (Å²) in [7, 11) is 0. The Morgan fingerprint density at radius 2 is 1.83 bits per heavy atom. The first-order chi connectivity index (χ1) is 8.72. The number of carbonyl (C=O) groups excluding carboxylic acids is 2. The van der Waals surface area contributed by atoms with E-state index in [1.165, 1.54) is 0 Å². The van der Waals surface area contributed by atoms with Crippen LogP contribution in [0.1, 0.15) is 44.5 Å². The normalized spacial score (nSPS) is 16.5. The zero-order valence-electron chi connectivity index (χ0n) is 9.79. The van der Waals surface area contributed by atoms with Crippen molar-refractivity contribution in [3.05, 3.63) is 27.9 Å². The van der Waals surface area contributed by atoms with E-state index >= 15 is 0 Å². The van der Waals surface area contributed by atoms with Crippen LogP contribution in [0, 0.1) is 0 Å². The predicted octanol–water partition coefficient (Wildman–Crippen LogP) is 1.37. The Morgan fingerprint density at radius 1 is 1.17 bits per heavy atom. The number of aryl methyl sites for hydroxylation is 3. The lowest BCUT2D eigenvalue weighted by Gasteiger charge is -2.18. The van der Waals surface area contributed by atoms with Crippen molar-refractivity contribution in [3.8, 4) is 0 Å². The second kappa shape index (κ2) is 2.98. The Bertz CT molecular complexity index is 743. The van der Waals surface area contributed by atoms with Gasteiger partial charge >= 0.3 is 0 Å². The zero-order valence-corrected chi connectivity index (χ0v) is 9.79. The van der Waals surface area contributed by atoms with Gasteiger partial charge in [-0.1, -0.05) is 12.1 Å². The monoisotopic (exact) mass is 242 g/mol. The maximum absolute atomic E-state index is 11.9. The third kappa shape index (κ3) is 0.917. The standard InChI is InChI=1S/C13H10N2O3/c1-2-7-8-5-3-4-6(11(8)18-15-7)10-9(5)12(16)14-13(10)17/h2-4H2,1H3,(H,14,16,17). The van der Waals surface area contributed by atoms with Crippen LogP contribution in [-0.2, 0) is 19.3 Å². The van der Waals surface area contributed by atoms with Crippen molar-refractivity contribution in [1.82, 2.24) is 10.5 Å². The number of rotatable bonds is 1. The molecule has 2 heterocycles. The molecule has 3 aliphatic rings. The molecular weight excluding hydrogens is 232 g/mol. The minimum Gasteiger partial charge on any atom is -0.356 e. The number of imide groups is 1. The van der Waals surface area contributed by atoms with Gasteiger partial charge in [-0.05, 0) is 24.8 Å². The Morgan fingerprint density at radius 3 is 2.56 bits per heavy atom. The van der Waals surface area contributed by atoms with Crippen LogP contribution < -0.4 is 5.32 Å². The minimum atomic E-state index is -0.303. The van der Waals surface area contributed by atoms with Gasteiger partial charge in [0.1, 0.15) is 0 Å². The van der Waals surface area contributed by atoms with Gasteiger partial charge in [0, 0.05) is 10.9 Å². The summed E-state index contributed by atoms with van der Waals surface area (Å²) in [5, 5.41) is 7.36. The number of hydrogen-bond acceptors (Lipinski definition) is 4. The quantitative estimate of drug-likeness (QED) is 0.766. The molecule has 5 rings (SSSR count). The SMILES string of the molecule is CCc1noc2c3c4c(c(c12)CC3)C(=O)NC4=O. The number of hydrogen-bond donors (Lipinski definition) is 1. The van der Waals surface area contributed by atoms with Gasteiger partial charge in [0.05, 0.1) is 16.8 Å². The van der Waals surface area contributed by atoms with Crippen LogP contribution in [0.5, 0.6) is 0 Å². The summed E-state index contributed by atoms with van der Waals surface area (Å²) >= 11 is 0. The number of carbonyl (C=O) groups is 2. The number of aromatic nitrogens is 1. The second-order valence-corrected chi connectivity index (χ2v) is 4.68. The number of amides is 2. The molecule has 1 aromatic heterocycles. The fourth-order valence-electron chi connectivity index (χ4n) is 3.09. The van der Waals surface area contributed by atoms with Crippen LogP contribution >= 0.6 is 0 Å². The van der Waals surface area contributed by atoms with E-state index < -0.39 is 0 Å². The molecule has 5 heteroatoms. The summed E-state index contributed by atoms with van der Waals surface area (Å²) in [6, 6.07) is 0. The average molecular weight is 242 g/mol. The minimum absolute atomic E-state index is 0.281. The Kier molecular flexibility index (Phi) is 1.63. The Hall–Kier alpha value is -2.17. The summed E-state index contributed by atoms with van der Waals surface area (Å²) < 4.78 is 5.37. The molecule has 1 aliphatic heterocycles. The van der Waals surface area contributed by atoms with E-state index in [4.69, 9.17) is 4.52 Å². The lowest BCUT2D eigenvalue weighted by atomic mass is 9.82. The molecule has 0 atom stereocenters. The third-order valence-corrected chi connectivity index (χ3v) is 3.83. The Labute approximate surface area is 102 Å². The molecule has 0 saturated heterocycles. The lowest BCUT2D eigenvalue weighted by molar-refractivity contribution is 0.0879. The van der Waals surface area contributed by atoms with E-state index in [0.717, 1.165) is 41.5 Å². The second-order valence-electron chi connectivity index (χ2n) is 4.68. The number of fused-ring (bicyclic) bond motifs is 1. The van der Waals surface area contributed by atoms with Gasteiger partial charge < -0.3 is 4.52 Å². The van der Waals surface area contributed by atoms with E-state index in [-0.39, 0.29) is 11.8 Å². The van der Waals surface area contributed by atoms with Crippen molar-refractivity contribution >= 4 is 22.8 Å². The topological polar surface area (TPSA) is 72.2 Å². The fraction of sp³-hybridized carbons (Fsp3) is 0.308. The van der Waals surface area contributed by atoms with Crippen LogP contribution in [0.4, 0.5) is 0 Å². The molecule has 18 heavy (non-hydrogen) atoms. The predicted molar refractivity (Wildman–Crippen MR) is 62.6 cm³/mol. The molecule has 2 amide bonds. The largest absolute Gasteiger partial charge is 0.356 e. The molecule has 5 nitrogen and oxygen atoms in total. The third-order valence-electron chi connectivity index (χ3n) is 3.83. The van der Waals surface area contributed by atoms with Crippen molar-refractivity contribution in [1.29, 1.82) is 0 Å². The number of benzene rings is 1. The van der Waals surface area contributed by atoms with Crippen LogP contribution in [0.2, 0.25) is 0 Å². The Balaban J connectivity index is 2.24. The molecule has 0 fully saturated rings. The highest BCUT2D eigenvalue weighted by Gasteiger charge is 2.39. The molecule has 0 radical (unpaired) electrons. The van der Waals surface area contributed by atoms with Crippen molar-refractivity contribution in [2.75, 3.05) is 0 Å². The molecule has 2 aliphatic carbocycles. The van der Waals surface area contributed by atoms with Gasteiger partial charge in [-0.25, -0.2) is 0 Å². The zero-order chi connectivity index (χ0) is 12.4. The average Bonchev–Trinajstić information content (AvgIpc) is 2.94.